The van der Waals surface area contributed by atoms with E-state index in [2.05, 4.69) is 43.1 Å². The van der Waals surface area contributed by atoms with E-state index in [1.165, 1.54) is 0 Å². The van der Waals surface area contributed by atoms with Crippen molar-refractivity contribution in [3.05, 3.63) is 70.2 Å². The van der Waals surface area contributed by atoms with E-state index in [0.717, 1.165) is 61.7 Å². The molecule has 1 atom stereocenters. The number of thiazole rings is 1. The highest BCUT2D eigenvalue weighted by Gasteiger charge is 2.25. The molecule has 0 bridgehead atoms. The molecule has 0 spiro atoms. The summed E-state index contributed by atoms with van der Waals surface area (Å²) >= 11 is 1.63. The lowest BCUT2D eigenvalue weighted by Gasteiger charge is -2.32. The summed E-state index contributed by atoms with van der Waals surface area (Å²) in [5.41, 5.74) is 4.85. The normalized spacial score (nSPS) is 17.9. The topological polar surface area (TPSA) is 57.7 Å². The van der Waals surface area contributed by atoms with Crippen molar-refractivity contribution >= 4 is 11.3 Å². The molecular formula is C20H21N5S. The van der Waals surface area contributed by atoms with Crippen molar-refractivity contribution in [2.24, 2.45) is 0 Å². The fourth-order valence-corrected chi connectivity index (χ4v) is 4.27. The van der Waals surface area contributed by atoms with Gasteiger partial charge in [0, 0.05) is 36.8 Å². The Balaban J connectivity index is 1.48. The highest BCUT2D eigenvalue weighted by molar-refractivity contribution is 7.07. The summed E-state index contributed by atoms with van der Waals surface area (Å²) in [6.07, 6.45) is 6.26. The molecule has 1 aliphatic heterocycles. The molecule has 5 nitrogen and oxygen atoms in total. The minimum atomic E-state index is 0.423. The predicted octanol–water partition coefficient (Wildman–Crippen LogP) is 3.64. The predicted molar refractivity (Wildman–Crippen MR) is 102 cm³/mol. The second-order valence-electron chi connectivity index (χ2n) is 6.74. The van der Waals surface area contributed by atoms with Crippen molar-refractivity contribution in [2.75, 3.05) is 13.1 Å². The first-order valence-electron chi connectivity index (χ1n) is 8.92. The molecule has 0 N–H and O–H groups in total. The molecule has 1 unspecified atom stereocenters. The van der Waals surface area contributed by atoms with Crippen LogP contribution >= 0.6 is 11.3 Å². The van der Waals surface area contributed by atoms with E-state index in [1.54, 1.807) is 11.3 Å². The van der Waals surface area contributed by atoms with Gasteiger partial charge in [-0.2, -0.15) is 5.26 Å². The molecule has 132 valence electrons. The van der Waals surface area contributed by atoms with Crippen LogP contribution in [0, 0.1) is 11.3 Å². The summed E-state index contributed by atoms with van der Waals surface area (Å²) < 4.78 is 2.23. The van der Waals surface area contributed by atoms with Gasteiger partial charge < -0.3 is 4.57 Å². The van der Waals surface area contributed by atoms with Gasteiger partial charge in [-0.15, -0.1) is 11.3 Å². The standard InChI is InChI=1S/C20H21N5S/c21-10-16-4-1-2-5-17(16)11-24-8-3-6-18(12-24)20-22-7-9-25(20)13-19-14-26-15-23-19/h1-2,4-5,7,9,14-15,18H,3,6,8,11-13H2. The molecule has 0 saturated carbocycles. The fraction of sp³-hybridized carbons (Fsp3) is 0.350. The van der Waals surface area contributed by atoms with Gasteiger partial charge in [-0.25, -0.2) is 9.97 Å². The Morgan fingerprint density at radius 2 is 2.15 bits per heavy atom. The first kappa shape index (κ1) is 17.0. The maximum Gasteiger partial charge on any atom is 0.113 e. The first-order chi connectivity index (χ1) is 12.8. The molecule has 1 saturated heterocycles. The van der Waals surface area contributed by atoms with Crippen LogP contribution in [-0.2, 0) is 13.1 Å². The molecule has 3 aromatic rings. The number of hydrogen-bond acceptors (Lipinski definition) is 5. The highest BCUT2D eigenvalue weighted by Crippen LogP contribution is 2.27. The molecule has 1 fully saturated rings. The molecule has 4 rings (SSSR count). The van der Waals surface area contributed by atoms with Crippen molar-refractivity contribution in [1.82, 2.24) is 19.4 Å². The Morgan fingerprint density at radius 3 is 3.00 bits per heavy atom. The van der Waals surface area contributed by atoms with Gasteiger partial charge in [0.25, 0.3) is 0 Å². The number of benzene rings is 1. The van der Waals surface area contributed by atoms with Crippen molar-refractivity contribution in [3.8, 4) is 6.07 Å². The van der Waals surface area contributed by atoms with E-state index in [9.17, 15) is 5.26 Å². The highest BCUT2D eigenvalue weighted by atomic mass is 32.1. The number of nitrogens with zero attached hydrogens (tertiary/aromatic N) is 5. The molecule has 2 aromatic heterocycles. The van der Waals surface area contributed by atoms with Crippen LogP contribution in [0.4, 0.5) is 0 Å². The van der Waals surface area contributed by atoms with Crippen LogP contribution < -0.4 is 0 Å². The Morgan fingerprint density at radius 1 is 1.23 bits per heavy atom. The summed E-state index contributed by atoms with van der Waals surface area (Å²) in [7, 11) is 0. The van der Waals surface area contributed by atoms with Crippen LogP contribution in [0.25, 0.3) is 0 Å². The average Bonchev–Trinajstić information content (AvgIpc) is 3.35. The Kier molecular flexibility index (Phi) is 5.09. The second-order valence-corrected chi connectivity index (χ2v) is 7.46. The molecule has 6 heteroatoms. The molecule has 0 amide bonds. The summed E-state index contributed by atoms with van der Waals surface area (Å²) in [6, 6.07) is 10.2. The van der Waals surface area contributed by atoms with Gasteiger partial charge in [-0.05, 0) is 31.0 Å². The maximum absolute atomic E-state index is 9.32. The number of likely N-dealkylation sites (tertiary alicyclic amines) is 1. The first-order valence-corrected chi connectivity index (χ1v) is 9.86. The number of piperidine rings is 1. The molecule has 3 heterocycles. The monoisotopic (exact) mass is 363 g/mol. The van der Waals surface area contributed by atoms with Gasteiger partial charge >= 0.3 is 0 Å². The fourth-order valence-electron chi connectivity index (χ4n) is 3.72. The molecule has 0 radical (unpaired) electrons. The minimum Gasteiger partial charge on any atom is -0.329 e. The summed E-state index contributed by atoms with van der Waals surface area (Å²) in [5, 5.41) is 11.4. The zero-order valence-electron chi connectivity index (χ0n) is 14.6. The van der Waals surface area contributed by atoms with Crippen molar-refractivity contribution in [1.29, 1.82) is 5.26 Å². The van der Waals surface area contributed by atoms with Gasteiger partial charge in [0.1, 0.15) is 5.82 Å². The van der Waals surface area contributed by atoms with Crippen LogP contribution in [0.3, 0.4) is 0 Å². The van der Waals surface area contributed by atoms with Crippen LogP contribution in [0.2, 0.25) is 0 Å². The summed E-state index contributed by atoms with van der Waals surface area (Å²) in [5.74, 6) is 1.57. The van der Waals surface area contributed by atoms with Gasteiger partial charge in [0.15, 0.2) is 0 Å². The third-order valence-electron chi connectivity index (χ3n) is 4.97. The SMILES string of the molecule is N#Cc1ccccc1CN1CCCC(c2nccn2Cc2cscn2)C1. The van der Waals surface area contributed by atoms with E-state index in [-0.39, 0.29) is 0 Å². The lowest BCUT2D eigenvalue weighted by atomic mass is 9.96. The van der Waals surface area contributed by atoms with Gasteiger partial charge in [0.05, 0.1) is 29.4 Å². The number of hydrogen-bond donors (Lipinski definition) is 0. The zero-order chi connectivity index (χ0) is 17.8. The molecule has 1 aromatic carbocycles. The van der Waals surface area contributed by atoms with E-state index >= 15 is 0 Å². The zero-order valence-corrected chi connectivity index (χ0v) is 15.4. The Labute approximate surface area is 157 Å². The third kappa shape index (κ3) is 3.69. The van der Waals surface area contributed by atoms with Crippen molar-refractivity contribution in [2.45, 2.75) is 31.8 Å². The maximum atomic E-state index is 9.32. The molecule has 26 heavy (non-hydrogen) atoms. The van der Waals surface area contributed by atoms with E-state index in [1.807, 2.05) is 29.9 Å². The smallest absolute Gasteiger partial charge is 0.113 e. The number of imidazole rings is 1. The van der Waals surface area contributed by atoms with Crippen molar-refractivity contribution in [3.63, 3.8) is 0 Å². The molecule has 1 aliphatic rings. The second kappa shape index (κ2) is 7.81. The third-order valence-corrected chi connectivity index (χ3v) is 5.60. The molecular weight excluding hydrogens is 342 g/mol. The van der Waals surface area contributed by atoms with Gasteiger partial charge in [-0.3, -0.25) is 4.90 Å². The van der Waals surface area contributed by atoms with E-state index < -0.39 is 0 Å². The van der Waals surface area contributed by atoms with Gasteiger partial charge in [0.2, 0.25) is 0 Å². The van der Waals surface area contributed by atoms with Crippen LogP contribution in [0.5, 0.6) is 0 Å². The average molecular weight is 363 g/mol. The summed E-state index contributed by atoms with van der Waals surface area (Å²) in [4.78, 5) is 11.5. The van der Waals surface area contributed by atoms with Crippen molar-refractivity contribution < 1.29 is 0 Å². The lowest BCUT2D eigenvalue weighted by molar-refractivity contribution is 0.195. The number of rotatable bonds is 5. The van der Waals surface area contributed by atoms with E-state index in [4.69, 9.17) is 0 Å². The van der Waals surface area contributed by atoms with Crippen LogP contribution in [0.1, 0.15) is 41.4 Å². The van der Waals surface area contributed by atoms with Crippen LogP contribution in [0.15, 0.2) is 47.5 Å². The van der Waals surface area contributed by atoms with Gasteiger partial charge in [-0.1, -0.05) is 18.2 Å². The quantitative estimate of drug-likeness (QED) is 0.694. The van der Waals surface area contributed by atoms with Crippen LogP contribution in [-0.4, -0.2) is 32.5 Å². The minimum absolute atomic E-state index is 0.423. The van der Waals surface area contributed by atoms with E-state index in [0.29, 0.717) is 5.92 Å². The lowest BCUT2D eigenvalue weighted by Crippen LogP contribution is -2.35. The Hall–Kier alpha value is -2.49. The summed E-state index contributed by atoms with van der Waals surface area (Å²) in [6.45, 7) is 3.66. The Bertz CT molecular complexity index is 893. The largest absolute Gasteiger partial charge is 0.329 e. The molecule has 0 aliphatic carbocycles. The number of aromatic nitrogens is 3. The number of nitriles is 1.